The fraction of sp³-hybridized carbons (Fsp3) is 0. The van der Waals surface area contributed by atoms with E-state index in [0.717, 1.165) is 36.3 Å². The van der Waals surface area contributed by atoms with Crippen LogP contribution in [0, 0.1) is 0 Å². The van der Waals surface area contributed by atoms with Gasteiger partial charge in [0.25, 0.3) is 11.4 Å². The molecule has 0 bridgehead atoms. The third-order valence-electron chi connectivity index (χ3n) is 5.89. The van der Waals surface area contributed by atoms with E-state index in [1.807, 2.05) is 42.5 Å². The van der Waals surface area contributed by atoms with E-state index >= 15 is 0 Å². The lowest BCUT2D eigenvalue weighted by atomic mass is 10.2. The predicted molar refractivity (Wildman–Crippen MR) is 179 cm³/mol. The van der Waals surface area contributed by atoms with Gasteiger partial charge in [0.1, 0.15) is 16.6 Å². The number of para-hydroxylation sites is 2. The van der Waals surface area contributed by atoms with Gasteiger partial charge in [0.05, 0.1) is 16.6 Å². The minimum atomic E-state index is -3.07. The monoisotopic (exact) mass is 788 g/mol. The summed E-state index contributed by atoms with van der Waals surface area (Å²) in [6.07, 6.45) is 0. The van der Waals surface area contributed by atoms with Crippen LogP contribution >= 0.6 is 83.4 Å². The Hall–Kier alpha value is -2.63. The van der Waals surface area contributed by atoms with Crippen molar-refractivity contribution in [2.75, 3.05) is 0 Å². The molecule has 214 valence electrons. The molecule has 4 N–H and O–H groups in total. The van der Waals surface area contributed by atoms with Crippen LogP contribution in [0.5, 0.6) is 0 Å². The van der Waals surface area contributed by atoms with Crippen molar-refractivity contribution in [1.82, 2.24) is 29.9 Å². The summed E-state index contributed by atoms with van der Waals surface area (Å²) >= 11 is 29.4. The second-order valence-electron chi connectivity index (χ2n) is 8.54. The molecule has 4 heterocycles. The average molecular weight is 792 g/mol. The van der Waals surface area contributed by atoms with Gasteiger partial charge in [-0.3, -0.25) is 14.3 Å². The van der Waals surface area contributed by atoms with Crippen molar-refractivity contribution < 1.29 is 4.57 Å². The number of hydrogen-bond acceptors (Lipinski definition) is 5. The number of aromatic amines is 4. The largest absolute Gasteiger partial charge is 0.350 e. The summed E-state index contributed by atoms with van der Waals surface area (Å²) in [5, 5.41) is 2.75. The molecule has 0 saturated heterocycles. The highest BCUT2D eigenvalue weighted by atomic mass is 79.9. The van der Waals surface area contributed by atoms with E-state index in [9.17, 15) is 14.2 Å². The van der Waals surface area contributed by atoms with E-state index in [0.29, 0.717) is 27.0 Å². The van der Waals surface area contributed by atoms with Crippen LogP contribution in [-0.2, 0) is 4.57 Å². The number of H-pyrrole nitrogens is 4. The normalized spacial score (nSPS) is 11.4. The molecular formula is C26H15Br2Cl4N6O3P. The molecule has 0 aliphatic carbocycles. The van der Waals surface area contributed by atoms with Crippen molar-refractivity contribution in [3.8, 4) is 0 Å². The maximum Gasteiger partial charge on any atom is 0.326 e. The zero-order chi connectivity index (χ0) is 30.2. The molecule has 0 radical (unpaired) electrons. The van der Waals surface area contributed by atoms with E-state index in [4.69, 9.17) is 45.7 Å². The van der Waals surface area contributed by atoms with Crippen molar-refractivity contribution in [2.45, 2.75) is 0 Å². The maximum atomic E-state index is 11.6. The lowest BCUT2D eigenvalue weighted by Gasteiger charge is -1.98. The van der Waals surface area contributed by atoms with Gasteiger partial charge >= 0.3 is 5.69 Å². The number of nitrogens with one attached hydrogen (secondary N) is 4. The fourth-order valence-electron chi connectivity index (χ4n) is 4.08. The molecule has 0 aliphatic heterocycles. The lowest BCUT2D eigenvalue weighted by Crippen LogP contribution is -2.21. The van der Waals surface area contributed by atoms with Gasteiger partial charge in [0, 0.05) is 25.0 Å². The van der Waals surface area contributed by atoms with Crippen LogP contribution in [0.2, 0.25) is 10.4 Å². The van der Waals surface area contributed by atoms with Crippen LogP contribution < -0.4 is 16.6 Å². The Morgan fingerprint density at radius 1 is 0.643 bits per heavy atom. The summed E-state index contributed by atoms with van der Waals surface area (Å²) in [4.78, 5) is 41.8. The highest BCUT2D eigenvalue weighted by molar-refractivity contribution is 9.11. The molecular weight excluding hydrogens is 777 g/mol. The molecule has 16 heteroatoms. The maximum absolute atomic E-state index is 11.6. The zero-order valence-corrected chi connectivity index (χ0v) is 27.8. The molecule has 0 atom stereocenters. The Morgan fingerprint density at radius 2 is 1.24 bits per heavy atom. The Bertz CT molecular complexity index is 2260. The summed E-state index contributed by atoms with van der Waals surface area (Å²) in [7, 11) is 0. The van der Waals surface area contributed by atoms with Crippen LogP contribution in [-0.4, -0.2) is 29.9 Å². The second-order valence-corrected chi connectivity index (χ2v) is 15.8. The molecule has 0 fully saturated rings. The number of rotatable bonds is 1. The Kier molecular flexibility index (Phi) is 9.20. The minimum Gasteiger partial charge on any atom is -0.350 e. The third kappa shape index (κ3) is 6.48. The summed E-state index contributed by atoms with van der Waals surface area (Å²) < 4.78 is 12.7. The quantitative estimate of drug-likeness (QED) is 0.0749. The smallest absolute Gasteiger partial charge is 0.326 e. The van der Waals surface area contributed by atoms with Gasteiger partial charge in [0.2, 0.25) is 5.28 Å². The van der Waals surface area contributed by atoms with Gasteiger partial charge in [-0.15, -0.1) is 0 Å². The molecule has 7 rings (SSSR count). The number of aromatic nitrogens is 6. The van der Waals surface area contributed by atoms with Crippen LogP contribution in [0.25, 0.3) is 43.9 Å². The first-order valence-corrected chi connectivity index (χ1v) is 17.6. The lowest BCUT2D eigenvalue weighted by molar-refractivity contribution is 0.597. The number of benzene rings is 3. The van der Waals surface area contributed by atoms with Crippen molar-refractivity contribution in [1.29, 1.82) is 0 Å². The Morgan fingerprint density at radius 3 is 1.86 bits per heavy atom. The molecule has 0 saturated carbocycles. The molecule has 0 aliphatic rings. The van der Waals surface area contributed by atoms with Gasteiger partial charge in [-0.25, -0.2) is 14.8 Å². The van der Waals surface area contributed by atoms with Crippen molar-refractivity contribution >= 4 is 133 Å². The van der Waals surface area contributed by atoms with E-state index in [1.54, 1.807) is 24.3 Å². The third-order valence-corrected chi connectivity index (χ3v) is 9.72. The van der Waals surface area contributed by atoms with E-state index in [2.05, 4.69) is 61.8 Å². The van der Waals surface area contributed by atoms with Crippen LogP contribution in [0.3, 0.4) is 0 Å². The van der Waals surface area contributed by atoms with Crippen LogP contribution in [0.4, 0.5) is 0 Å². The number of hydrogen-bond donors (Lipinski definition) is 4. The molecule has 3 aromatic carbocycles. The highest BCUT2D eigenvalue weighted by Gasteiger charge is 2.15. The van der Waals surface area contributed by atoms with Crippen molar-refractivity contribution in [3.05, 3.63) is 107 Å². The minimum absolute atomic E-state index is 0.151. The first kappa shape index (κ1) is 30.8. The van der Waals surface area contributed by atoms with Crippen molar-refractivity contribution in [2.24, 2.45) is 0 Å². The van der Waals surface area contributed by atoms with Crippen LogP contribution in [0.1, 0.15) is 0 Å². The molecule has 7 aromatic rings. The highest BCUT2D eigenvalue weighted by Crippen LogP contribution is 2.54. The molecule has 0 amide bonds. The Labute approximate surface area is 272 Å². The first-order valence-electron chi connectivity index (χ1n) is 11.7. The van der Waals surface area contributed by atoms with E-state index in [-0.39, 0.29) is 5.28 Å². The standard InChI is InChI=1S/C10H4BrCl2N3.C10H6BrN3O2.C6H5Cl2OP/c11-5-3-1-2-4-6(5)14-8-7(4)15-10(13)16-9(8)12;11-5-3-1-2-4-6(5)12-8-7(4)13-10(16)14-9(8)15;7-10(8,9)6-4-2-1-3-5-6/h1-3,14H;1-3,12H,(H2,13,14,15,16);1-5H. The summed E-state index contributed by atoms with van der Waals surface area (Å²) in [5.74, 6) is -3.07. The Balaban J connectivity index is 0.000000130. The topological polar surface area (TPSA) is 140 Å². The van der Waals surface area contributed by atoms with E-state index in [1.165, 1.54) is 0 Å². The van der Waals surface area contributed by atoms with Gasteiger partial charge in [-0.2, -0.15) is 0 Å². The molecule has 42 heavy (non-hydrogen) atoms. The van der Waals surface area contributed by atoms with Gasteiger partial charge in [-0.1, -0.05) is 54.1 Å². The molecule has 9 nitrogen and oxygen atoms in total. The first-order chi connectivity index (χ1) is 19.9. The number of fused-ring (bicyclic) bond motifs is 6. The zero-order valence-electron chi connectivity index (χ0n) is 20.7. The number of halogens is 6. The van der Waals surface area contributed by atoms with Gasteiger partial charge < -0.3 is 15.0 Å². The fourth-order valence-corrected chi connectivity index (χ4v) is 6.64. The molecule has 0 unspecified atom stereocenters. The van der Waals surface area contributed by atoms with Gasteiger partial charge in [-0.05, 0) is 90.2 Å². The summed E-state index contributed by atoms with van der Waals surface area (Å²) in [5.41, 5.74) is 3.17. The number of nitrogens with zero attached hydrogens (tertiary/aromatic N) is 2. The summed E-state index contributed by atoms with van der Waals surface area (Å²) in [6, 6.07) is 20.0. The van der Waals surface area contributed by atoms with Crippen molar-refractivity contribution in [3.63, 3.8) is 0 Å². The van der Waals surface area contributed by atoms with Gasteiger partial charge in [0.15, 0.2) is 5.15 Å². The summed E-state index contributed by atoms with van der Waals surface area (Å²) in [6.45, 7) is 0. The SMILES string of the molecule is Clc1nc(Cl)c2[nH]c3c(Br)cccc3c2n1.O=P(Cl)(Cl)c1ccccc1.O=c1[nH]c(=O)c2[nH]c3c(Br)cccc3c2[nH]1. The van der Waals surface area contributed by atoms with E-state index < -0.39 is 17.1 Å². The predicted octanol–water partition coefficient (Wildman–Crippen LogP) is 8.62. The average Bonchev–Trinajstić information content (AvgIpc) is 3.51. The second kappa shape index (κ2) is 12.5. The van der Waals surface area contributed by atoms with Crippen LogP contribution in [0.15, 0.2) is 85.3 Å². The molecule has 4 aromatic heterocycles. The molecule has 0 spiro atoms.